The Morgan fingerprint density at radius 3 is 3.15 bits per heavy atom. The van der Waals surface area contributed by atoms with Crippen LogP contribution in [0.25, 0.3) is 0 Å². The zero-order chi connectivity index (χ0) is 9.47. The van der Waals surface area contributed by atoms with Crippen LogP contribution < -0.4 is 5.73 Å². The van der Waals surface area contributed by atoms with Gasteiger partial charge in [0.1, 0.15) is 11.6 Å². The van der Waals surface area contributed by atoms with Crippen molar-refractivity contribution in [2.45, 2.75) is 32.4 Å². The smallest absolute Gasteiger partial charge is 0.147 e. The highest BCUT2D eigenvalue weighted by atomic mass is 15.3. The van der Waals surface area contributed by atoms with Crippen molar-refractivity contribution in [2.24, 2.45) is 5.73 Å². The minimum Gasteiger partial charge on any atom is -0.322 e. The van der Waals surface area contributed by atoms with Crippen LogP contribution in [0.3, 0.4) is 0 Å². The van der Waals surface area contributed by atoms with Crippen molar-refractivity contribution < 1.29 is 0 Å². The first-order valence-corrected chi connectivity index (χ1v) is 4.44. The van der Waals surface area contributed by atoms with E-state index in [2.05, 4.69) is 10.1 Å². The molecule has 0 fully saturated rings. The van der Waals surface area contributed by atoms with Gasteiger partial charge < -0.3 is 5.73 Å². The molecule has 1 aliphatic rings. The number of aromatic nitrogens is 3. The van der Waals surface area contributed by atoms with Gasteiger partial charge in [-0.05, 0) is 13.8 Å². The summed E-state index contributed by atoms with van der Waals surface area (Å²) in [7, 11) is 0. The van der Waals surface area contributed by atoms with Gasteiger partial charge in [0.25, 0.3) is 0 Å². The first-order valence-electron chi connectivity index (χ1n) is 4.44. The number of aryl methyl sites for hydroxylation is 1. The van der Waals surface area contributed by atoms with Gasteiger partial charge in [0.2, 0.25) is 0 Å². The van der Waals surface area contributed by atoms with Crippen LogP contribution in [0.5, 0.6) is 0 Å². The molecule has 0 aliphatic carbocycles. The van der Waals surface area contributed by atoms with Gasteiger partial charge in [-0.3, -0.25) is 0 Å². The van der Waals surface area contributed by atoms with Crippen LogP contribution in [0.4, 0.5) is 0 Å². The molecule has 0 bridgehead atoms. The number of nitrogens with zero attached hydrogens (tertiary/aromatic N) is 3. The van der Waals surface area contributed by atoms with Crippen molar-refractivity contribution in [1.29, 1.82) is 0 Å². The molecule has 4 heteroatoms. The van der Waals surface area contributed by atoms with Gasteiger partial charge >= 0.3 is 0 Å². The molecule has 0 aromatic carbocycles. The van der Waals surface area contributed by atoms with Gasteiger partial charge in [-0.25, -0.2) is 9.67 Å². The molecule has 1 unspecified atom stereocenters. The second-order valence-corrected chi connectivity index (χ2v) is 3.84. The van der Waals surface area contributed by atoms with Crippen LogP contribution in [-0.4, -0.2) is 20.3 Å². The minimum absolute atomic E-state index is 0.284. The summed E-state index contributed by atoms with van der Waals surface area (Å²) >= 11 is 0. The molecule has 0 radical (unpaired) electrons. The van der Waals surface area contributed by atoms with E-state index in [9.17, 15) is 0 Å². The summed E-state index contributed by atoms with van der Waals surface area (Å²) in [5.74, 6) is 1.80. The van der Waals surface area contributed by atoms with E-state index in [0.29, 0.717) is 0 Å². The fraction of sp³-hybridized carbons (Fsp3) is 0.556. The standard InChI is InChI=1S/C9H14N4/c1-7-11-8-6-9(2,10)4-3-5-13(8)12-7/h3-4H,5-6,10H2,1-2H3. The highest BCUT2D eigenvalue weighted by molar-refractivity contribution is 5.12. The molecule has 1 atom stereocenters. The molecule has 2 heterocycles. The summed E-state index contributed by atoms with van der Waals surface area (Å²) in [4.78, 5) is 4.34. The van der Waals surface area contributed by atoms with Gasteiger partial charge in [0.05, 0.1) is 6.54 Å². The maximum Gasteiger partial charge on any atom is 0.147 e. The van der Waals surface area contributed by atoms with Crippen LogP contribution in [-0.2, 0) is 13.0 Å². The molecular weight excluding hydrogens is 164 g/mol. The normalized spacial score (nSPS) is 27.0. The van der Waals surface area contributed by atoms with Crippen molar-refractivity contribution in [1.82, 2.24) is 14.8 Å². The molecule has 2 N–H and O–H groups in total. The molecule has 1 aromatic heterocycles. The highest BCUT2D eigenvalue weighted by Gasteiger charge is 2.21. The van der Waals surface area contributed by atoms with Crippen molar-refractivity contribution in [3.05, 3.63) is 23.8 Å². The van der Waals surface area contributed by atoms with Gasteiger partial charge in [-0.1, -0.05) is 12.2 Å². The van der Waals surface area contributed by atoms with Crippen molar-refractivity contribution >= 4 is 0 Å². The fourth-order valence-corrected chi connectivity index (χ4v) is 1.60. The van der Waals surface area contributed by atoms with Gasteiger partial charge in [0, 0.05) is 12.0 Å². The third-order valence-electron chi connectivity index (χ3n) is 2.17. The molecule has 2 rings (SSSR count). The summed E-state index contributed by atoms with van der Waals surface area (Å²) in [6.45, 7) is 4.69. The topological polar surface area (TPSA) is 56.7 Å². The first kappa shape index (κ1) is 8.44. The zero-order valence-electron chi connectivity index (χ0n) is 7.99. The second-order valence-electron chi connectivity index (χ2n) is 3.84. The van der Waals surface area contributed by atoms with Crippen LogP contribution in [0.1, 0.15) is 18.6 Å². The predicted octanol–water partition coefficient (Wildman–Crippen LogP) is 0.416. The molecule has 70 valence electrons. The molecule has 13 heavy (non-hydrogen) atoms. The summed E-state index contributed by atoms with van der Waals surface area (Å²) in [5.41, 5.74) is 5.75. The SMILES string of the molecule is Cc1nc2n(n1)CC=CC(C)(N)C2. The van der Waals surface area contributed by atoms with Crippen molar-refractivity contribution in [2.75, 3.05) is 0 Å². The quantitative estimate of drug-likeness (QED) is 0.586. The van der Waals surface area contributed by atoms with E-state index in [1.54, 1.807) is 0 Å². The van der Waals surface area contributed by atoms with Gasteiger partial charge in [0.15, 0.2) is 0 Å². The number of fused-ring (bicyclic) bond motifs is 1. The summed E-state index contributed by atoms with van der Waals surface area (Å²) < 4.78 is 1.91. The third-order valence-corrected chi connectivity index (χ3v) is 2.17. The van der Waals surface area contributed by atoms with Gasteiger partial charge in [-0.15, -0.1) is 0 Å². The summed E-state index contributed by atoms with van der Waals surface area (Å²) in [6, 6.07) is 0. The fourth-order valence-electron chi connectivity index (χ4n) is 1.60. The Labute approximate surface area is 77.5 Å². The van der Waals surface area contributed by atoms with Crippen LogP contribution in [0.2, 0.25) is 0 Å². The lowest BCUT2D eigenvalue weighted by molar-refractivity contribution is 0.550. The Morgan fingerprint density at radius 2 is 2.38 bits per heavy atom. The molecule has 1 aromatic rings. The van der Waals surface area contributed by atoms with E-state index < -0.39 is 0 Å². The zero-order valence-corrected chi connectivity index (χ0v) is 7.99. The first-order chi connectivity index (χ1) is 6.07. The van der Waals surface area contributed by atoms with E-state index >= 15 is 0 Å². The number of nitrogens with two attached hydrogens (primary N) is 1. The largest absolute Gasteiger partial charge is 0.322 e. The molecule has 0 amide bonds. The van der Waals surface area contributed by atoms with Crippen LogP contribution >= 0.6 is 0 Å². The number of hydrogen-bond acceptors (Lipinski definition) is 3. The lowest BCUT2D eigenvalue weighted by Crippen LogP contribution is -2.36. The molecular formula is C9H14N4. The van der Waals surface area contributed by atoms with Gasteiger partial charge in [-0.2, -0.15) is 5.10 Å². The van der Waals surface area contributed by atoms with Crippen molar-refractivity contribution in [3.8, 4) is 0 Å². The van der Waals surface area contributed by atoms with Crippen LogP contribution in [0, 0.1) is 6.92 Å². The Balaban J connectivity index is 2.40. The van der Waals surface area contributed by atoms with E-state index in [0.717, 1.165) is 24.6 Å². The van der Waals surface area contributed by atoms with E-state index in [4.69, 9.17) is 5.73 Å². The average Bonchev–Trinajstić information content (AvgIpc) is 2.23. The maximum atomic E-state index is 6.03. The average molecular weight is 178 g/mol. The molecule has 0 saturated carbocycles. The molecule has 0 saturated heterocycles. The number of rotatable bonds is 0. The number of hydrogen-bond donors (Lipinski definition) is 1. The highest BCUT2D eigenvalue weighted by Crippen LogP contribution is 2.14. The minimum atomic E-state index is -0.284. The summed E-state index contributed by atoms with van der Waals surface area (Å²) in [6.07, 6.45) is 4.83. The number of allylic oxidation sites excluding steroid dienone is 1. The molecule has 0 spiro atoms. The van der Waals surface area contributed by atoms with E-state index in [1.165, 1.54) is 0 Å². The maximum absolute atomic E-state index is 6.03. The van der Waals surface area contributed by atoms with Crippen molar-refractivity contribution in [3.63, 3.8) is 0 Å². The van der Waals surface area contributed by atoms with E-state index in [-0.39, 0.29) is 5.54 Å². The Hall–Kier alpha value is -1.16. The molecule has 4 nitrogen and oxygen atoms in total. The predicted molar refractivity (Wildman–Crippen MR) is 50.2 cm³/mol. The van der Waals surface area contributed by atoms with E-state index in [1.807, 2.05) is 30.7 Å². The third kappa shape index (κ3) is 1.62. The second kappa shape index (κ2) is 2.67. The Bertz CT molecular complexity index is 348. The van der Waals surface area contributed by atoms with Crippen LogP contribution in [0.15, 0.2) is 12.2 Å². The lowest BCUT2D eigenvalue weighted by Gasteiger charge is -2.16. The summed E-state index contributed by atoms with van der Waals surface area (Å²) in [5, 5.41) is 4.28. The monoisotopic (exact) mass is 178 g/mol. The molecule has 1 aliphatic heterocycles. The lowest BCUT2D eigenvalue weighted by atomic mass is 9.99. The Morgan fingerprint density at radius 1 is 1.62 bits per heavy atom. The Kier molecular flexibility index (Phi) is 1.73.